The Hall–Kier alpha value is -0.240. The van der Waals surface area contributed by atoms with Gasteiger partial charge < -0.3 is 5.32 Å². The molecule has 0 aromatic rings. The first kappa shape index (κ1) is 12.2. The molecule has 3 heteroatoms. The van der Waals surface area contributed by atoms with E-state index < -0.39 is 0 Å². The maximum Gasteiger partial charge on any atom is 0.223 e. The summed E-state index contributed by atoms with van der Waals surface area (Å²) in [7, 11) is 0. The standard InChI is InChI=1S/C13H22ClNO/c1-8(14)5-9(2)15-13(16)12-7-10-3-4-11(12)6-10/h8-12H,3-7H2,1-2H3,(H,15,16). The lowest BCUT2D eigenvalue weighted by molar-refractivity contribution is -0.127. The maximum atomic E-state index is 12.1. The summed E-state index contributed by atoms with van der Waals surface area (Å²) in [6, 6.07) is 0.208. The Morgan fingerprint density at radius 2 is 2.12 bits per heavy atom. The van der Waals surface area contributed by atoms with Gasteiger partial charge in [-0.3, -0.25) is 4.79 Å². The second-order valence-electron chi connectivity index (χ2n) is 5.71. The van der Waals surface area contributed by atoms with Gasteiger partial charge in [-0.15, -0.1) is 11.6 Å². The Labute approximate surface area is 103 Å². The molecule has 2 nitrogen and oxygen atoms in total. The molecule has 1 N–H and O–H groups in total. The molecule has 0 aliphatic heterocycles. The van der Waals surface area contributed by atoms with Crippen LogP contribution in [0.3, 0.4) is 0 Å². The van der Waals surface area contributed by atoms with Gasteiger partial charge in [-0.25, -0.2) is 0 Å². The molecule has 2 aliphatic rings. The molecule has 1 amide bonds. The molecule has 5 unspecified atom stereocenters. The number of amides is 1. The third kappa shape index (κ3) is 2.71. The average molecular weight is 244 g/mol. The molecule has 0 aromatic carbocycles. The second kappa shape index (κ2) is 4.95. The fourth-order valence-electron chi connectivity index (χ4n) is 3.46. The Kier molecular flexibility index (Phi) is 3.78. The van der Waals surface area contributed by atoms with Crippen molar-refractivity contribution in [1.29, 1.82) is 0 Å². The molecule has 92 valence electrons. The number of carbonyl (C=O) groups excluding carboxylic acids is 1. The number of nitrogens with one attached hydrogen (secondary N) is 1. The first-order chi connectivity index (χ1) is 7.56. The van der Waals surface area contributed by atoms with Crippen molar-refractivity contribution in [2.75, 3.05) is 0 Å². The minimum Gasteiger partial charge on any atom is -0.353 e. The summed E-state index contributed by atoms with van der Waals surface area (Å²) < 4.78 is 0. The number of hydrogen-bond acceptors (Lipinski definition) is 1. The molecule has 0 aromatic heterocycles. The van der Waals surface area contributed by atoms with Gasteiger partial charge >= 0.3 is 0 Å². The highest BCUT2D eigenvalue weighted by Gasteiger charge is 2.43. The van der Waals surface area contributed by atoms with Crippen LogP contribution in [-0.2, 0) is 4.79 Å². The van der Waals surface area contributed by atoms with E-state index in [-0.39, 0.29) is 17.3 Å². The van der Waals surface area contributed by atoms with Crippen molar-refractivity contribution in [2.45, 2.75) is 57.4 Å². The fourth-order valence-corrected chi connectivity index (χ4v) is 3.73. The minimum atomic E-state index is 0.135. The molecule has 0 saturated heterocycles. The van der Waals surface area contributed by atoms with Crippen molar-refractivity contribution in [2.24, 2.45) is 17.8 Å². The monoisotopic (exact) mass is 243 g/mol. The summed E-state index contributed by atoms with van der Waals surface area (Å²) in [6.07, 6.45) is 5.89. The zero-order chi connectivity index (χ0) is 11.7. The van der Waals surface area contributed by atoms with E-state index in [9.17, 15) is 4.79 Å². The fraction of sp³-hybridized carbons (Fsp3) is 0.923. The molecule has 2 bridgehead atoms. The van der Waals surface area contributed by atoms with Gasteiger partial charge in [-0.1, -0.05) is 6.42 Å². The smallest absolute Gasteiger partial charge is 0.223 e. The number of rotatable bonds is 4. The van der Waals surface area contributed by atoms with Crippen LogP contribution in [0.4, 0.5) is 0 Å². The molecule has 0 spiro atoms. The van der Waals surface area contributed by atoms with E-state index >= 15 is 0 Å². The third-order valence-electron chi connectivity index (χ3n) is 4.14. The van der Waals surface area contributed by atoms with Gasteiger partial charge in [0, 0.05) is 17.3 Å². The normalized spacial score (nSPS) is 36.1. The Bertz CT molecular complexity index is 267. The van der Waals surface area contributed by atoms with E-state index in [4.69, 9.17) is 11.6 Å². The highest BCUT2D eigenvalue weighted by atomic mass is 35.5. The van der Waals surface area contributed by atoms with E-state index in [1.807, 2.05) is 13.8 Å². The van der Waals surface area contributed by atoms with Gasteiger partial charge in [0.15, 0.2) is 0 Å². The van der Waals surface area contributed by atoms with Gasteiger partial charge in [-0.2, -0.15) is 0 Å². The predicted molar refractivity (Wildman–Crippen MR) is 66.5 cm³/mol. The van der Waals surface area contributed by atoms with Crippen LogP contribution in [0.25, 0.3) is 0 Å². The van der Waals surface area contributed by atoms with E-state index in [1.54, 1.807) is 0 Å². The van der Waals surface area contributed by atoms with E-state index in [1.165, 1.54) is 19.3 Å². The Morgan fingerprint density at radius 1 is 1.38 bits per heavy atom. The van der Waals surface area contributed by atoms with E-state index in [2.05, 4.69) is 5.32 Å². The molecule has 2 saturated carbocycles. The number of hydrogen-bond donors (Lipinski definition) is 1. The lowest BCUT2D eigenvalue weighted by atomic mass is 9.88. The lowest BCUT2D eigenvalue weighted by Gasteiger charge is -2.23. The molecule has 16 heavy (non-hydrogen) atoms. The average Bonchev–Trinajstić information content (AvgIpc) is 2.76. The number of halogens is 1. The molecular weight excluding hydrogens is 222 g/mol. The summed E-state index contributed by atoms with van der Waals surface area (Å²) in [5.41, 5.74) is 0. The molecule has 0 heterocycles. The SMILES string of the molecule is CC(Cl)CC(C)NC(=O)C1CC2CCC1C2. The van der Waals surface area contributed by atoms with Crippen LogP contribution in [0.2, 0.25) is 0 Å². The molecule has 0 radical (unpaired) electrons. The first-order valence-electron chi connectivity index (χ1n) is 6.50. The maximum absolute atomic E-state index is 12.1. The summed E-state index contributed by atoms with van der Waals surface area (Å²) in [5.74, 6) is 2.08. The summed E-state index contributed by atoms with van der Waals surface area (Å²) in [5, 5.41) is 3.25. The van der Waals surface area contributed by atoms with Crippen LogP contribution in [-0.4, -0.2) is 17.3 Å². The van der Waals surface area contributed by atoms with Crippen molar-refractivity contribution in [3.63, 3.8) is 0 Å². The van der Waals surface area contributed by atoms with Gasteiger partial charge in [0.2, 0.25) is 5.91 Å². The lowest BCUT2D eigenvalue weighted by Crippen LogP contribution is -2.39. The van der Waals surface area contributed by atoms with Gasteiger partial charge in [-0.05, 0) is 51.4 Å². The van der Waals surface area contributed by atoms with Crippen molar-refractivity contribution in [3.8, 4) is 0 Å². The van der Waals surface area contributed by atoms with Crippen LogP contribution in [0.1, 0.15) is 46.0 Å². The Balaban J connectivity index is 1.80. The van der Waals surface area contributed by atoms with Crippen LogP contribution in [0, 0.1) is 17.8 Å². The van der Waals surface area contributed by atoms with Crippen LogP contribution < -0.4 is 5.32 Å². The van der Waals surface area contributed by atoms with E-state index in [0.717, 1.165) is 18.8 Å². The van der Waals surface area contributed by atoms with Crippen molar-refractivity contribution < 1.29 is 4.79 Å². The second-order valence-corrected chi connectivity index (χ2v) is 6.45. The summed E-state index contributed by atoms with van der Waals surface area (Å²) >= 11 is 5.93. The number of alkyl halides is 1. The van der Waals surface area contributed by atoms with Crippen molar-refractivity contribution >= 4 is 17.5 Å². The van der Waals surface area contributed by atoms with Crippen LogP contribution in [0.5, 0.6) is 0 Å². The molecule has 5 atom stereocenters. The Morgan fingerprint density at radius 3 is 2.62 bits per heavy atom. The molecule has 2 fully saturated rings. The largest absolute Gasteiger partial charge is 0.353 e. The van der Waals surface area contributed by atoms with Crippen molar-refractivity contribution in [1.82, 2.24) is 5.32 Å². The number of carbonyl (C=O) groups is 1. The highest BCUT2D eigenvalue weighted by molar-refractivity contribution is 6.20. The van der Waals surface area contributed by atoms with Gasteiger partial charge in [0.25, 0.3) is 0 Å². The zero-order valence-electron chi connectivity index (χ0n) is 10.2. The number of fused-ring (bicyclic) bond motifs is 2. The topological polar surface area (TPSA) is 29.1 Å². The summed E-state index contributed by atoms with van der Waals surface area (Å²) in [4.78, 5) is 12.1. The van der Waals surface area contributed by atoms with Crippen LogP contribution >= 0.6 is 11.6 Å². The third-order valence-corrected chi connectivity index (χ3v) is 4.32. The highest BCUT2D eigenvalue weighted by Crippen LogP contribution is 2.48. The van der Waals surface area contributed by atoms with Gasteiger partial charge in [0.05, 0.1) is 0 Å². The minimum absolute atomic E-state index is 0.135. The quantitative estimate of drug-likeness (QED) is 0.756. The predicted octanol–water partition coefficient (Wildman–Crippen LogP) is 2.94. The first-order valence-corrected chi connectivity index (χ1v) is 6.94. The molecular formula is C13H22ClNO. The summed E-state index contributed by atoms with van der Waals surface area (Å²) in [6.45, 7) is 4.02. The molecule has 2 rings (SSSR count). The molecule has 2 aliphatic carbocycles. The zero-order valence-corrected chi connectivity index (χ0v) is 11.0. The van der Waals surface area contributed by atoms with E-state index in [0.29, 0.717) is 11.8 Å². The van der Waals surface area contributed by atoms with Crippen LogP contribution in [0.15, 0.2) is 0 Å². The van der Waals surface area contributed by atoms with Gasteiger partial charge in [0.1, 0.15) is 0 Å². The van der Waals surface area contributed by atoms with Crippen molar-refractivity contribution in [3.05, 3.63) is 0 Å².